The second-order valence-electron chi connectivity index (χ2n) is 14.8. The zero-order valence-electron chi connectivity index (χ0n) is 29.9. The highest BCUT2D eigenvalue weighted by Crippen LogP contribution is 2.62. The highest BCUT2D eigenvalue weighted by molar-refractivity contribution is 6.12. The summed E-state index contributed by atoms with van der Waals surface area (Å²) < 4.78 is 15.8. The first-order valence-electron chi connectivity index (χ1n) is 19.0. The third-order valence-electron chi connectivity index (χ3n) is 12.1. The van der Waals surface area contributed by atoms with Gasteiger partial charge in [-0.05, 0) is 63.4 Å². The molecule has 1 spiro atoms. The normalized spacial score (nSPS) is 13.6. The number of benzene rings is 8. The van der Waals surface area contributed by atoms with Gasteiger partial charge in [0.1, 0.15) is 28.3 Å². The van der Waals surface area contributed by atoms with Gasteiger partial charge in [0.2, 0.25) is 5.95 Å². The number of nitrogens with zero attached hydrogens (tertiary/aromatic N) is 3. The summed E-state index contributed by atoms with van der Waals surface area (Å²) in [5.74, 6) is 2.24. The topological polar surface area (TPSA) is 53.1 Å². The minimum Gasteiger partial charge on any atom is -0.457 e. The Balaban J connectivity index is 1.16. The second kappa shape index (κ2) is 10.8. The van der Waals surface area contributed by atoms with Crippen molar-refractivity contribution in [3.8, 4) is 39.8 Å². The number of ether oxygens (including phenoxy) is 1. The molecule has 0 radical (unpaired) electrons. The van der Waals surface area contributed by atoms with Gasteiger partial charge < -0.3 is 9.15 Å². The Labute approximate surface area is 320 Å². The van der Waals surface area contributed by atoms with E-state index in [9.17, 15) is 0 Å². The number of hydrogen-bond donors (Lipinski definition) is 0. The van der Waals surface area contributed by atoms with E-state index in [1.807, 2.05) is 18.2 Å². The van der Waals surface area contributed by atoms with Crippen LogP contribution in [0.5, 0.6) is 11.5 Å². The van der Waals surface area contributed by atoms with Crippen LogP contribution in [-0.2, 0) is 5.41 Å². The van der Waals surface area contributed by atoms with Crippen LogP contribution in [0.4, 0.5) is 0 Å². The lowest BCUT2D eigenvalue weighted by molar-refractivity contribution is 0.437. The largest absolute Gasteiger partial charge is 0.457 e. The van der Waals surface area contributed by atoms with E-state index in [2.05, 4.69) is 162 Å². The first kappa shape index (κ1) is 29.9. The first-order chi connectivity index (χ1) is 27.8. The van der Waals surface area contributed by atoms with Gasteiger partial charge in [-0.25, -0.2) is 9.97 Å². The van der Waals surface area contributed by atoms with E-state index in [1.165, 1.54) is 22.3 Å². The van der Waals surface area contributed by atoms with Crippen LogP contribution < -0.4 is 4.74 Å². The van der Waals surface area contributed by atoms with Gasteiger partial charge in [-0.2, -0.15) is 0 Å². The van der Waals surface area contributed by atoms with Crippen molar-refractivity contribution in [1.29, 1.82) is 0 Å². The molecule has 0 saturated heterocycles. The van der Waals surface area contributed by atoms with Gasteiger partial charge in [-0.3, -0.25) is 4.57 Å². The molecule has 13 rings (SSSR count). The van der Waals surface area contributed by atoms with Gasteiger partial charge in [0.15, 0.2) is 5.58 Å². The fourth-order valence-electron chi connectivity index (χ4n) is 9.83. The quantitative estimate of drug-likeness (QED) is 0.179. The summed E-state index contributed by atoms with van der Waals surface area (Å²) in [7, 11) is 0. The maximum atomic E-state index is 6.98. The molecule has 3 aromatic heterocycles. The van der Waals surface area contributed by atoms with Crippen LogP contribution in [0.25, 0.3) is 83.0 Å². The van der Waals surface area contributed by atoms with Gasteiger partial charge in [0.05, 0.1) is 16.4 Å². The molecule has 0 unspecified atom stereocenters. The SMILES string of the molecule is c1ccc2c(c1)Oc1cc3c(cc1C21c2ccccc2-c2ccccc21)c1ccccc1n3-c1nc(-c2cccc3ccccc23)c2oc3ccccc3c2n1. The van der Waals surface area contributed by atoms with E-state index < -0.39 is 5.41 Å². The Bertz CT molecular complexity index is 3430. The number of hydrogen-bond acceptors (Lipinski definition) is 4. The maximum Gasteiger partial charge on any atom is 0.236 e. The standard InChI is InChI=1S/C51H29N3O2/c1-2-16-31-30(14-1)15-13-21-35(31)47-49-48(36-20-6-11-26-44(36)56-49)53-50(52-47)54-42-25-10-5-19-34(42)37-28-41-46(29-43(37)54)55-45-27-12-9-24-40(45)51(41)38-22-7-3-17-32(38)33-18-4-8-23-39(33)51/h1-29H. The van der Waals surface area contributed by atoms with E-state index >= 15 is 0 Å². The van der Waals surface area contributed by atoms with Gasteiger partial charge in [-0.1, -0.05) is 140 Å². The first-order valence-corrected chi connectivity index (χ1v) is 19.0. The molecule has 1 aliphatic heterocycles. The molecule has 4 heterocycles. The predicted molar refractivity (Wildman–Crippen MR) is 224 cm³/mol. The summed E-state index contributed by atoms with van der Waals surface area (Å²) in [5, 5.41) is 5.42. The minimum absolute atomic E-state index is 0.568. The average molecular weight is 716 g/mol. The zero-order chi connectivity index (χ0) is 36.5. The summed E-state index contributed by atoms with van der Waals surface area (Å²) in [6.07, 6.45) is 0. The molecule has 0 N–H and O–H groups in total. The van der Waals surface area contributed by atoms with Crippen molar-refractivity contribution in [2.45, 2.75) is 5.41 Å². The van der Waals surface area contributed by atoms with Crippen molar-refractivity contribution in [2.24, 2.45) is 0 Å². The number of furan rings is 1. The van der Waals surface area contributed by atoms with Crippen molar-refractivity contribution in [3.05, 3.63) is 198 Å². The third kappa shape index (κ3) is 3.74. The van der Waals surface area contributed by atoms with Crippen molar-refractivity contribution in [2.75, 3.05) is 0 Å². The molecule has 11 aromatic rings. The van der Waals surface area contributed by atoms with E-state index in [0.717, 1.165) is 82.9 Å². The lowest BCUT2D eigenvalue weighted by atomic mass is 9.66. The molecule has 5 nitrogen and oxygen atoms in total. The van der Waals surface area contributed by atoms with E-state index in [-0.39, 0.29) is 0 Å². The van der Waals surface area contributed by atoms with Crippen molar-refractivity contribution in [1.82, 2.24) is 14.5 Å². The summed E-state index contributed by atoms with van der Waals surface area (Å²) in [4.78, 5) is 10.8. The molecule has 2 aliphatic rings. The van der Waals surface area contributed by atoms with E-state index in [1.54, 1.807) is 0 Å². The monoisotopic (exact) mass is 715 g/mol. The Hall–Kier alpha value is -7.50. The van der Waals surface area contributed by atoms with Crippen LogP contribution in [0.2, 0.25) is 0 Å². The molecular formula is C51H29N3O2. The number of rotatable bonds is 2. The Morgan fingerprint density at radius 1 is 0.446 bits per heavy atom. The molecule has 260 valence electrons. The lowest BCUT2D eigenvalue weighted by Crippen LogP contribution is -2.32. The lowest BCUT2D eigenvalue weighted by Gasteiger charge is -2.39. The summed E-state index contributed by atoms with van der Waals surface area (Å²) in [6, 6.07) is 62.3. The van der Waals surface area contributed by atoms with Crippen LogP contribution in [0.3, 0.4) is 0 Å². The Morgan fingerprint density at radius 2 is 1.09 bits per heavy atom. The van der Waals surface area contributed by atoms with Crippen molar-refractivity contribution >= 4 is 54.6 Å². The molecule has 1 aliphatic carbocycles. The minimum atomic E-state index is -0.568. The second-order valence-corrected chi connectivity index (χ2v) is 14.8. The third-order valence-corrected chi connectivity index (χ3v) is 12.1. The fourth-order valence-corrected chi connectivity index (χ4v) is 9.83. The molecule has 5 heteroatoms. The average Bonchev–Trinajstić information content (AvgIpc) is 3.89. The summed E-state index contributed by atoms with van der Waals surface area (Å²) in [6.45, 7) is 0. The van der Waals surface area contributed by atoms with Gasteiger partial charge >= 0.3 is 0 Å². The molecular weight excluding hydrogens is 687 g/mol. The molecule has 0 atom stereocenters. The Morgan fingerprint density at radius 3 is 1.93 bits per heavy atom. The summed E-state index contributed by atoms with van der Waals surface area (Å²) in [5.41, 5.74) is 12.7. The maximum absolute atomic E-state index is 6.98. The highest BCUT2D eigenvalue weighted by Gasteiger charge is 2.51. The zero-order valence-corrected chi connectivity index (χ0v) is 29.9. The van der Waals surface area contributed by atoms with Gasteiger partial charge in [0, 0.05) is 38.9 Å². The van der Waals surface area contributed by atoms with Gasteiger partial charge in [0.25, 0.3) is 0 Å². The number of para-hydroxylation sites is 3. The van der Waals surface area contributed by atoms with E-state index in [4.69, 9.17) is 19.1 Å². The molecule has 0 amide bonds. The van der Waals surface area contributed by atoms with E-state index in [0.29, 0.717) is 11.5 Å². The number of fused-ring (bicyclic) bond motifs is 16. The predicted octanol–water partition coefficient (Wildman–Crippen LogP) is 12.8. The van der Waals surface area contributed by atoms with Crippen LogP contribution in [0.1, 0.15) is 22.3 Å². The fraction of sp³-hybridized carbons (Fsp3) is 0.0196. The van der Waals surface area contributed by atoms with Crippen LogP contribution in [-0.4, -0.2) is 14.5 Å². The molecule has 0 fully saturated rings. The molecule has 0 bridgehead atoms. The molecule has 8 aromatic carbocycles. The summed E-state index contributed by atoms with van der Waals surface area (Å²) >= 11 is 0. The van der Waals surface area contributed by atoms with Crippen LogP contribution in [0, 0.1) is 0 Å². The Kier molecular flexibility index (Phi) is 5.77. The molecule has 56 heavy (non-hydrogen) atoms. The highest BCUT2D eigenvalue weighted by atomic mass is 16.5. The van der Waals surface area contributed by atoms with Gasteiger partial charge in [-0.15, -0.1) is 0 Å². The van der Waals surface area contributed by atoms with Crippen LogP contribution >= 0.6 is 0 Å². The number of aromatic nitrogens is 3. The molecule has 0 saturated carbocycles. The van der Waals surface area contributed by atoms with Crippen LogP contribution in [0.15, 0.2) is 180 Å². The van der Waals surface area contributed by atoms with Crippen molar-refractivity contribution in [3.63, 3.8) is 0 Å². The van der Waals surface area contributed by atoms with Crippen molar-refractivity contribution < 1.29 is 9.15 Å². The smallest absolute Gasteiger partial charge is 0.236 e.